The van der Waals surface area contributed by atoms with Crippen LogP contribution in [-0.2, 0) is 0 Å². The van der Waals surface area contributed by atoms with Gasteiger partial charge in [0.25, 0.3) is 11.8 Å². The van der Waals surface area contributed by atoms with Crippen molar-refractivity contribution in [2.75, 3.05) is 13.1 Å². The highest BCUT2D eigenvalue weighted by molar-refractivity contribution is 5.94. The first kappa shape index (κ1) is 19.0. The van der Waals surface area contributed by atoms with E-state index in [1.165, 1.54) is 4.90 Å². The maximum Gasteiger partial charge on any atom is 0.287 e. The number of nitrogens with zero attached hydrogens (tertiary/aromatic N) is 2. The molecule has 0 radical (unpaired) electrons. The number of carbonyl (C=O) groups is 1. The Labute approximate surface area is 173 Å². The van der Waals surface area contributed by atoms with Crippen molar-refractivity contribution in [2.24, 2.45) is 0 Å². The van der Waals surface area contributed by atoms with E-state index < -0.39 is 18.4 Å². The van der Waals surface area contributed by atoms with Crippen LogP contribution < -0.4 is 4.74 Å². The van der Waals surface area contributed by atoms with Crippen molar-refractivity contribution in [3.63, 3.8) is 0 Å². The first-order chi connectivity index (χ1) is 14.5. The highest BCUT2D eigenvalue weighted by atomic mass is 19.3. The molecule has 1 amide bonds. The smallest absolute Gasteiger partial charge is 0.287 e. The lowest BCUT2D eigenvalue weighted by molar-refractivity contribution is -0.131. The molecule has 6 heteroatoms. The average Bonchev–Trinajstić information content (AvgIpc) is 3.60. The van der Waals surface area contributed by atoms with E-state index in [4.69, 9.17) is 4.74 Å². The van der Waals surface area contributed by atoms with Crippen molar-refractivity contribution in [3.05, 3.63) is 71.8 Å². The van der Waals surface area contributed by atoms with Crippen LogP contribution in [0.2, 0.25) is 0 Å². The molecule has 0 N–H and O–H groups in total. The number of rotatable bonds is 4. The third-order valence-electron chi connectivity index (χ3n) is 5.88. The van der Waals surface area contributed by atoms with Gasteiger partial charge in [-0.1, -0.05) is 30.3 Å². The van der Waals surface area contributed by atoms with Gasteiger partial charge in [0.15, 0.2) is 6.10 Å². The summed E-state index contributed by atoms with van der Waals surface area (Å²) in [6, 6.07) is 18.4. The van der Waals surface area contributed by atoms with Crippen LogP contribution in [0.4, 0.5) is 8.78 Å². The number of hydrogen-bond acceptors (Lipinski definition) is 3. The summed E-state index contributed by atoms with van der Waals surface area (Å²) in [5.41, 5.74) is 2.38. The summed E-state index contributed by atoms with van der Waals surface area (Å²) in [4.78, 5) is 18.8. The van der Waals surface area contributed by atoms with E-state index in [1.807, 2.05) is 42.5 Å². The number of benzene rings is 2. The Morgan fingerprint density at radius 3 is 2.73 bits per heavy atom. The summed E-state index contributed by atoms with van der Waals surface area (Å²) in [6.45, 7) is -0.168. The Bertz CT molecular complexity index is 1100. The van der Waals surface area contributed by atoms with Crippen LogP contribution in [0.25, 0.3) is 10.9 Å². The molecule has 0 bridgehead atoms. The molecule has 1 atom stereocenters. The normalized spacial score (nSPS) is 20.9. The summed E-state index contributed by atoms with van der Waals surface area (Å²) in [6.07, 6.45) is 0.416. The zero-order valence-corrected chi connectivity index (χ0v) is 16.4. The second kappa shape index (κ2) is 7.35. The van der Waals surface area contributed by atoms with E-state index in [0.29, 0.717) is 17.0 Å². The zero-order valence-electron chi connectivity index (χ0n) is 16.4. The number of amides is 1. The third-order valence-corrected chi connectivity index (χ3v) is 5.88. The van der Waals surface area contributed by atoms with Gasteiger partial charge in [-0.15, -0.1) is 0 Å². The lowest BCUT2D eigenvalue weighted by atomic mass is 10.0. The molecule has 1 saturated carbocycles. The molecule has 1 aliphatic heterocycles. The van der Waals surface area contributed by atoms with E-state index in [2.05, 4.69) is 4.98 Å². The third kappa shape index (κ3) is 3.74. The molecule has 1 unspecified atom stereocenters. The molecule has 4 nitrogen and oxygen atoms in total. The SMILES string of the molecule is O=C(c1cccc(C2CC2)c1)N1CCC(F)(F)C(Oc2ccc3ccccc3n2)C1. The summed E-state index contributed by atoms with van der Waals surface area (Å²) in [5.74, 6) is -2.59. The molecule has 2 aliphatic rings. The molecule has 1 aliphatic carbocycles. The number of piperidine rings is 1. The quantitative estimate of drug-likeness (QED) is 0.607. The minimum Gasteiger partial charge on any atom is -0.466 e. The van der Waals surface area contributed by atoms with Crippen molar-refractivity contribution in [1.29, 1.82) is 0 Å². The van der Waals surface area contributed by atoms with Gasteiger partial charge in [0, 0.05) is 30.0 Å². The molecule has 3 aromatic rings. The predicted octanol–water partition coefficient (Wildman–Crippen LogP) is 5.04. The van der Waals surface area contributed by atoms with Crippen molar-refractivity contribution in [1.82, 2.24) is 9.88 Å². The Hall–Kier alpha value is -3.02. The van der Waals surface area contributed by atoms with Crippen molar-refractivity contribution >= 4 is 16.8 Å². The van der Waals surface area contributed by atoms with E-state index in [1.54, 1.807) is 18.2 Å². The molecule has 0 spiro atoms. The minimum atomic E-state index is -3.03. The number of fused-ring (bicyclic) bond motifs is 1. The molecule has 30 heavy (non-hydrogen) atoms. The second-order valence-corrected chi connectivity index (χ2v) is 8.11. The maximum absolute atomic E-state index is 14.6. The van der Waals surface area contributed by atoms with Crippen molar-refractivity contribution in [3.8, 4) is 5.88 Å². The van der Waals surface area contributed by atoms with Gasteiger partial charge >= 0.3 is 0 Å². The van der Waals surface area contributed by atoms with Crippen LogP contribution in [0.5, 0.6) is 5.88 Å². The number of alkyl halides is 2. The summed E-state index contributed by atoms with van der Waals surface area (Å²) < 4.78 is 34.8. The van der Waals surface area contributed by atoms with Crippen LogP contribution in [0, 0.1) is 0 Å². The largest absolute Gasteiger partial charge is 0.466 e. The van der Waals surface area contributed by atoms with Gasteiger partial charge < -0.3 is 9.64 Å². The summed E-state index contributed by atoms with van der Waals surface area (Å²) in [7, 11) is 0. The van der Waals surface area contributed by atoms with Crippen molar-refractivity contribution in [2.45, 2.75) is 37.2 Å². The van der Waals surface area contributed by atoms with Gasteiger partial charge in [-0.25, -0.2) is 13.8 Å². The van der Waals surface area contributed by atoms with Gasteiger partial charge in [-0.05, 0) is 48.6 Å². The van der Waals surface area contributed by atoms with Gasteiger partial charge in [-0.3, -0.25) is 4.79 Å². The van der Waals surface area contributed by atoms with Gasteiger partial charge in [0.2, 0.25) is 5.88 Å². The van der Waals surface area contributed by atoms with Crippen LogP contribution in [0.15, 0.2) is 60.7 Å². The first-order valence-electron chi connectivity index (χ1n) is 10.3. The minimum absolute atomic E-state index is 0.00446. The van der Waals surface area contributed by atoms with Gasteiger partial charge in [-0.2, -0.15) is 0 Å². The Balaban J connectivity index is 1.35. The molecule has 154 valence electrons. The van der Waals surface area contributed by atoms with Gasteiger partial charge in [0.05, 0.1) is 12.1 Å². The highest BCUT2D eigenvalue weighted by Gasteiger charge is 2.47. The predicted molar refractivity (Wildman–Crippen MR) is 110 cm³/mol. The van der Waals surface area contributed by atoms with E-state index in [9.17, 15) is 13.6 Å². The van der Waals surface area contributed by atoms with E-state index in [0.717, 1.165) is 23.8 Å². The monoisotopic (exact) mass is 408 g/mol. The molecular weight excluding hydrogens is 386 g/mol. The molecule has 2 heterocycles. The molecular formula is C24H22F2N2O2. The lowest BCUT2D eigenvalue weighted by Gasteiger charge is -2.38. The number of hydrogen-bond donors (Lipinski definition) is 0. The number of ether oxygens (including phenoxy) is 1. The second-order valence-electron chi connectivity index (χ2n) is 8.11. The Morgan fingerprint density at radius 1 is 1.07 bits per heavy atom. The molecule has 1 saturated heterocycles. The Morgan fingerprint density at radius 2 is 1.90 bits per heavy atom. The number of pyridine rings is 1. The van der Waals surface area contributed by atoms with Crippen LogP contribution >= 0.6 is 0 Å². The molecule has 2 fully saturated rings. The van der Waals surface area contributed by atoms with Gasteiger partial charge in [0.1, 0.15) is 0 Å². The van der Waals surface area contributed by atoms with E-state index in [-0.39, 0.29) is 24.9 Å². The fourth-order valence-corrected chi connectivity index (χ4v) is 3.96. The first-order valence-corrected chi connectivity index (χ1v) is 10.3. The van der Waals surface area contributed by atoms with Crippen LogP contribution in [-0.4, -0.2) is 40.9 Å². The Kier molecular flexibility index (Phi) is 4.65. The number of carbonyl (C=O) groups excluding carboxylic acids is 1. The number of likely N-dealkylation sites (tertiary alicyclic amines) is 1. The summed E-state index contributed by atoms with van der Waals surface area (Å²) >= 11 is 0. The maximum atomic E-state index is 14.6. The number of halogens is 2. The summed E-state index contributed by atoms with van der Waals surface area (Å²) in [5, 5.41) is 0.910. The van der Waals surface area contributed by atoms with E-state index >= 15 is 0 Å². The van der Waals surface area contributed by atoms with Crippen molar-refractivity contribution < 1.29 is 18.3 Å². The van der Waals surface area contributed by atoms with Crippen LogP contribution in [0.1, 0.15) is 41.1 Å². The topological polar surface area (TPSA) is 42.4 Å². The average molecular weight is 408 g/mol. The standard InChI is InChI=1S/C24H22F2N2O2/c25-24(26)12-13-28(23(29)19-6-3-5-18(14-19)16-8-9-16)15-21(24)30-22-11-10-17-4-1-2-7-20(17)27-22/h1-7,10-11,14,16,21H,8-9,12-13,15H2. The highest BCUT2D eigenvalue weighted by Crippen LogP contribution is 2.40. The number of aromatic nitrogens is 1. The fraction of sp³-hybridized carbons (Fsp3) is 0.333. The molecule has 1 aromatic heterocycles. The zero-order chi connectivity index (χ0) is 20.7. The van der Waals surface area contributed by atoms with Crippen LogP contribution in [0.3, 0.4) is 0 Å². The molecule has 5 rings (SSSR count). The lowest BCUT2D eigenvalue weighted by Crippen LogP contribution is -2.55. The fourth-order valence-electron chi connectivity index (χ4n) is 3.96. The molecule has 2 aromatic carbocycles. The number of para-hydroxylation sites is 1.